The van der Waals surface area contributed by atoms with Crippen LogP contribution in [0.4, 0.5) is 21.0 Å². The van der Waals surface area contributed by atoms with Crippen LogP contribution in [0.25, 0.3) is 0 Å². The third kappa shape index (κ3) is 7.04. The van der Waals surface area contributed by atoms with Crippen LogP contribution < -0.4 is 11.1 Å². The number of carbonyl (C=O) groups excluding carboxylic acids is 2. The molecule has 4 amide bonds. The van der Waals surface area contributed by atoms with E-state index in [1.54, 1.807) is 0 Å². The first-order valence-corrected chi connectivity index (χ1v) is 16.5. The first-order valence-electron chi connectivity index (χ1n) is 16.5. The minimum absolute atomic E-state index is 0.000486. The van der Waals surface area contributed by atoms with Crippen LogP contribution >= 0.6 is 0 Å². The quantitative estimate of drug-likeness (QED) is 0.425. The lowest BCUT2D eigenvalue weighted by Crippen LogP contribution is -2.60. The average Bonchev–Trinajstić information content (AvgIpc) is 3.22. The zero-order chi connectivity index (χ0) is 31.5. The molecule has 4 heterocycles. The van der Waals surface area contributed by atoms with E-state index in [4.69, 9.17) is 5.73 Å². The van der Waals surface area contributed by atoms with Crippen molar-refractivity contribution in [1.82, 2.24) is 24.5 Å². The molecule has 3 fully saturated rings. The lowest BCUT2D eigenvalue weighted by molar-refractivity contribution is -0.140. The van der Waals surface area contributed by atoms with E-state index in [0.717, 1.165) is 55.8 Å². The smallest absolute Gasteiger partial charge is 0.407 e. The van der Waals surface area contributed by atoms with E-state index < -0.39 is 18.1 Å². The number of amides is 4. The number of hydrogen-bond donors (Lipinski definition) is 3. The highest BCUT2D eigenvalue weighted by Crippen LogP contribution is 2.33. The van der Waals surface area contributed by atoms with Crippen molar-refractivity contribution in [2.24, 2.45) is 5.92 Å². The van der Waals surface area contributed by atoms with Crippen LogP contribution in [0.5, 0.6) is 0 Å². The van der Waals surface area contributed by atoms with Gasteiger partial charge in [-0.1, -0.05) is 30.3 Å². The summed E-state index contributed by atoms with van der Waals surface area (Å²) >= 11 is 0. The molecule has 0 aromatic heterocycles. The van der Waals surface area contributed by atoms with E-state index >= 15 is 0 Å². The normalized spacial score (nSPS) is 24.5. The Morgan fingerprint density at radius 2 is 1.60 bits per heavy atom. The molecule has 0 spiro atoms. The number of anilines is 2. The molecule has 4 aliphatic rings. The van der Waals surface area contributed by atoms with Gasteiger partial charge in [-0.15, -0.1) is 0 Å². The Labute approximate surface area is 265 Å². The molecule has 3 atom stereocenters. The zero-order valence-corrected chi connectivity index (χ0v) is 26.3. The van der Waals surface area contributed by atoms with Crippen molar-refractivity contribution in [3.05, 3.63) is 59.7 Å². The largest absolute Gasteiger partial charge is 0.465 e. The van der Waals surface area contributed by atoms with E-state index in [-0.39, 0.29) is 24.5 Å². The highest BCUT2D eigenvalue weighted by atomic mass is 16.4. The number of likely N-dealkylation sites (tertiary alicyclic amines) is 2. The van der Waals surface area contributed by atoms with Gasteiger partial charge in [-0.25, -0.2) is 9.59 Å². The van der Waals surface area contributed by atoms with Crippen molar-refractivity contribution in [3.63, 3.8) is 0 Å². The van der Waals surface area contributed by atoms with Crippen LogP contribution in [-0.2, 0) is 17.6 Å². The van der Waals surface area contributed by atoms with E-state index in [1.807, 2.05) is 58.3 Å². The van der Waals surface area contributed by atoms with Crippen molar-refractivity contribution >= 4 is 29.4 Å². The van der Waals surface area contributed by atoms with Crippen molar-refractivity contribution in [2.75, 3.05) is 70.5 Å². The van der Waals surface area contributed by atoms with Gasteiger partial charge in [0.15, 0.2) is 0 Å². The molecule has 11 nitrogen and oxygen atoms in total. The lowest BCUT2D eigenvalue weighted by atomic mass is 9.82. The number of carboxylic acid groups (broad SMARTS) is 1. The molecule has 0 radical (unpaired) electrons. The summed E-state index contributed by atoms with van der Waals surface area (Å²) in [7, 11) is 2.17. The molecule has 4 N–H and O–H groups in total. The van der Waals surface area contributed by atoms with Crippen molar-refractivity contribution in [1.29, 1.82) is 0 Å². The summed E-state index contributed by atoms with van der Waals surface area (Å²) in [6, 6.07) is 15.0. The number of benzene rings is 2. The number of piperidine rings is 2. The summed E-state index contributed by atoms with van der Waals surface area (Å²) in [6.07, 6.45) is 3.35. The van der Waals surface area contributed by atoms with Gasteiger partial charge in [-0.3, -0.25) is 9.69 Å². The number of hydrogen-bond acceptors (Lipinski definition) is 6. The Bertz CT molecular complexity index is 1350. The van der Waals surface area contributed by atoms with Gasteiger partial charge in [0.25, 0.3) is 0 Å². The van der Waals surface area contributed by atoms with Gasteiger partial charge in [0.1, 0.15) is 0 Å². The summed E-state index contributed by atoms with van der Waals surface area (Å²) in [6.45, 7) is 5.96. The predicted octanol–water partition coefficient (Wildman–Crippen LogP) is 3.27. The van der Waals surface area contributed by atoms with Crippen molar-refractivity contribution < 1.29 is 19.5 Å². The molecule has 11 heteroatoms. The summed E-state index contributed by atoms with van der Waals surface area (Å²) in [5, 5.41) is 13.4. The molecule has 0 saturated carbocycles. The van der Waals surface area contributed by atoms with Crippen molar-refractivity contribution in [2.45, 2.75) is 56.7 Å². The van der Waals surface area contributed by atoms with Gasteiger partial charge in [-0.2, -0.15) is 0 Å². The SMILES string of the molecule is CN1CCC(N2CCN(C(=O)C(Cc3ccc(N)cc3)[C@H]3CC(N4CCc5ccccc5NC4=O)CCN3C(=O)O)CC2)CC1. The summed E-state index contributed by atoms with van der Waals surface area (Å²) in [5.74, 6) is -0.575. The fraction of sp³-hybridized carbons (Fsp3) is 0.559. The second kappa shape index (κ2) is 13.7. The maximum absolute atomic E-state index is 14.5. The van der Waals surface area contributed by atoms with E-state index in [9.17, 15) is 19.5 Å². The summed E-state index contributed by atoms with van der Waals surface area (Å²) < 4.78 is 0. The maximum Gasteiger partial charge on any atom is 0.407 e. The van der Waals surface area contributed by atoms with Crippen LogP contribution in [0.1, 0.15) is 36.8 Å². The van der Waals surface area contributed by atoms with Crippen LogP contribution in [0.3, 0.4) is 0 Å². The van der Waals surface area contributed by atoms with Gasteiger partial charge >= 0.3 is 12.1 Å². The number of nitrogens with two attached hydrogens (primary N) is 1. The summed E-state index contributed by atoms with van der Waals surface area (Å²) in [4.78, 5) is 50.7. The molecule has 4 aliphatic heterocycles. The number of nitrogen functional groups attached to an aromatic ring is 1. The summed E-state index contributed by atoms with van der Waals surface area (Å²) in [5.41, 5.74) is 9.46. The number of fused-ring (bicyclic) bond motifs is 1. The molecule has 0 aliphatic carbocycles. The molecule has 3 saturated heterocycles. The number of carbonyl (C=O) groups is 3. The molecule has 2 aromatic rings. The average molecular weight is 618 g/mol. The number of rotatable bonds is 6. The highest BCUT2D eigenvalue weighted by molar-refractivity contribution is 5.91. The fourth-order valence-corrected chi connectivity index (χ4v) is 7.82. The van der Waals surface area contributed by atoms with E-state index in [2.05, 4.69) is 22.2 Å². The number of para-hydroxylation sites is 1. The van der Waals surface area contributed by atoms with Gasteiger partial charge in [0.2, 0.25) is 5.91 Å². The standard InChI is InChI=1S/C34H47N7O4/c1-37-14-11-27(12-15-37)38-18-20-39(21-19-38)32(42)29(22-24-6-8-26(35)9-7-24)31-23-28(13-17-41(31)34(44)45)40-16-10-25-4-2-3-5-30(25)36-33(40)43/h2-9,27-29,31H,10-23,35H2,1H3,(H,36,43)(H,44,45)/t28?,29?,31-/m1/s1. The number of piperazine rings is 1. The molecule has 45 heavy (non-hydrogen) atoms. The Hall–Kier alpha value is -3.83. The fourth-order valence-electron chi connectivity index (χ4n) is 7.82. The number of urea groups is 1. The number of nitrogens with zero attached hydrogens (tertiary/aromatic N) is 5. The lowest BCUT2D eigenvalue weighted by Gasteiger charge is -2.46. The third-order valence-corrected chi connectivity index (χ3v) is 10.5. The molecular formula is C34H47N7O4. The molecule has 2 unspecified atom stereocenters. The van der Waals surface area contributed by atoms with Crippen LogP contribution in [0.2, 0.25) is 0 Å². The molecule has 2 aromatic carbocycles. The third-order valence-electron chi connectivity index (χ3n) is 10.5. The topological polar surface area (TPSA) is 126 Å². The van der Waals surface area contributed by atoms with Crippen LogP contribution in [-0.4, -0.2) is 125 Å². The Morgan fingerprint density at radius 1 is 0.911 bits per heavy atom. The minimum Gasteiger partial charge on any atom is -0.465 e. The van der Waals surface area contributed by atoms with Gasteiger partial charge in [-0.05, 0) is 88.0 Å². The second-order valence-corrected chi connectivity index (χ2v) is 13.2. The molecule has 0 bridgehead atoms. The molecule has 6 rings (SSSR count). The van der Waals surface area contributed by atoms with Crippen molar-refractivity contribution in [3.8, 4) is 0 Å². The number of nitrogens with one attached hydrogen (secondary N) is 1. The first kappa shape index (κ1) is 31.2. The highest BCUT2D eigenvalue weighted by Gasteiger charge is 2.44. The van der Waals surface area contributed by atoms with E-state index in [1.165, 1.54) is 4.90 Å². The van der Waals surface area contributed by atoms with Gasteiger partial charge in [0, 0.05) is 68.8 Å². The molecular weight excluding hydrogens is 570 g/mol. The monoisotopic (exact) mass is 617 g/mol. The second-order valence-electron chi connectivity index (χ2n) is 13.2. The predicted molar refractivity (Wildman–Crippen MR) is 174 cm³/mol. The molecule has 242 valence electrons. The first-order chi connectivity index (χ1) is 21.8. The zero-order valence-electron chi connectivity index (χ0n) is 26.3. The maximum atomic E-state index is 14.5. The van der Waals surface area contributed by atoms with Crippen LogP contribution in [0.15, 0.2) is 48.5 Å². The minimum atomic E-state index is -1.02. The Morgan fingerprint density at radius 3 is 2.31 bits per heavy atom. The Balaban J connectivity index is 1.22. The van der Waals surface area contributed by atoms with Crippen LogP contribution in [0, 0.1) is 5.92 Å². The van der Waals surface area contributed by atoms with Gasteiger partial charge in [0.05, 0.1) is 5.92 Å². The van der Waals surface area contributed by atoms with E-state index in [0.29, 0.717) is 57.0 Å². The Kier molecular flexibility index (Phi) is 9.46. The van der Waals surface area contributed by atoms with Gasteiger partial charge < -0.3 is 35.8 Å².